The van der Waals surface area contributed by atoms with Crippen LogP contribution in [0.2, 0.25) is 10.0 Å². The van der Waals surface area contributed by atoms with Gasteiger partial charge in [0.25, 0.3) is 0 Å². The molecule has 2 aromatic rings. The Hall–Kier alpha value is -1.56. The number of rotatable bonds is 6. The van der Waals surface area contributed by atoms with Gasteiger partial charge in [0.2, 0.25) is 5.95 Å². The van der Waals surface area contributed by atoms with Crippen LogP contribution >= 0.6 is 23.2 Å². The third-order valence-electron chi connectivity index (χ3n) is 6.73. The third kappa shape index (κ3) is 5.19. The molecule has 1 aromatic heterocycles. The summed E-state index contributed by atoms with van der Waals surface area (Å²) < 4.78 is 0. The molecule has 7 heteroatoms. The Kier molecular flexibility index (Phi) is 7.34. The van der Waals surface area contributed by atoms with Gasteiger partial charge in [-0.15, -0.1) is 0 Å². The van der Waals surface area contributed by atoms with Gasteiger partial charge < -0.3 is 9.80 Å². The number of anilines is 2. The van der Waals surface area contributed by atoms with Gasteiger partial charge in [0.15, 0.2) is 0 Å². The van der Waals surface area contributed by atoms with Crippen LogP contribution in [-0.2, 0) is 0 Å². The molecule has 0 atom stereocenters. The van der Waals surface area contributed by atoms with E-state index in [1.165, 1.54) is 38.6 Å². The predicted octanol–water partition coefficient (Wildman–Crippen LogP) is 4.99. The van der Waals surface area contributed by atoms with Crippen molar-refractivity contribution in [1.82, 2.24) is 14.9 Å². The number of benzene rings is 1. The first-order chi connectivity index (χ1) is 14.6. The van der Waals surface area contributed by atoms with Crippen molar-refractivity contribution >= 4 is 34.8 Å². The fourth-order valence-corrected chi connectivity index (χ4v) is 5.19. The van der Waals surface area contributed by atoms with Crippen LogP contribution < -0.4 is 9.80 Å². The number of halogens is 2. The van der Waals surface area contributed by atoms with Crippen LogP contribution in [0.5, 0.6) is 0 Å². The largest absolute Gasteiger partial charge is 0.368 e. The molecule has 4 rings (SSSR count). The zero-order valence-corrected chi connectivity index (χ0v) is 19.2. The summed E-state index contributed by atoms with van der Waals surface area (Å²) in [5, 5.41) is 1.31. The number of hydrogen-bond donors (Lipinski definition) is 0. The van der Waals surface area contributed by atoms with Gasteiger partial charge in [0, 0.05) is 51.7 Å². The zero-order valence-electron chi connectivity index (χ0n) is 17.7. The van der Waals surface area contributed by atoms with Crippen LogP contribution in [0, 0.1) is 5.92 Å². The molecule has 0 spiro atoms. The predicted molar refractivity (Wildman–Crippen MR) is 126 cm³/mol. The molecule has 1 aromatic carbocycles. The van der Waals surface area contributed by atoms with Gasteiger partial charge >= 0.3 is 0 Å². The van der Waals surface area contributed by atoms with E-state index in [0.717, 1.165) is 43.7 Å². The molecule has 1 saturated carbocycles. The van der Waals surface area contributed by atoms with Crippen molar-refractivity contribution in [1.29, 1.82) is 0 Å². The fraction of sp³-hybridized carbons (Fsp3) is 0.565. The average molecular weight is 448 g/mol. The number of piperazine rings is 1. The lowest BCUT2D eigenvalue weighted by Crippen LogP contribution is -2.47. The quantitative estimate of drug-likeness (QED) is 0.622. The summed E-state index contributed by atoms with van der Waals surface area (Å²) in [5.74, 6) is 1.69. The van der Waals surface area contributed by atoms with Gasteiger partial charge in [-0.05, 0) is 62.8 Å². The maximum atomic E-state index is 6.40. The van der Waals surface area contributed by atoms with E-state index in [-0.39, 0.29) is 0 Å². The minimum Gasteiger partial charge on any atom is -0.368 e. The Morgan fingerprint density at radius 2 is 1.67 bits per heavy atom. The first-order valence-electron chi connectivity index (χ1n) is 11.0. The fourth-order valence-electron chi connectivity index (χ4n) is 4.77. The summed E-state index contributed by atoms with van der Waals surface area (Å²) in [6, 6.07) is 8.34. The molecule has 2 aliphatic rings. The lowest BCUT2D eigenvalue weighted by Gasteiger charge is -2.38. The molecule has 0 bridgehead atoms. The molecule has 1 aliphatic heterocycles. The summed E-state index contributed by atoms with van der Waals surface area (Å²) in [4.78, 5) is 16.0. The van der Waals surface area contributed by atoms with E-state index in [4.69, 9.17) is 23.2 Å². The van der Waals surface area contributed by atoms with Crippen LogP contribution in [-0.4, -0.2) is 60.7 Å². The molecule has 2 fully saturated rings. The Balaban J connectivity index is 1.18. The lowest BCUT2D eigenvalue weighted by molar-refractivity contribution is 0.216. The van der Waals surface area contributed by atoms with Gasteiger partial charge in [0.05, 0.1) is 15.7 Å². The second-order valence-electron chi connectivity index (χ2n) is 8.52. The first kappa shape index (κ1) is 21.7. The summed E-state index contributed by atoms with van der Waals surface area (Å²) in [5.41, 5.74) is 1.06. The standard InChI is InChI=1S/C23H31Cl2N5/c1-28(23-26-11-3-12-27-23)19-8-6-18(7-9-19)10-13-29-14-16-30(17-15-29)21-5-2-4-20(24)22(21)25/h2-5,11-12,18-19H,6-10,13-17H2,1H3. The molecular formula is C23H31Cl2N5. The van der Waals surface area contributed by atoms with Gasteiger partial charge in [-0.3, -0.25) is 4.90 Å². The van der Waals surface area contributed by atoms with E-state index in [0.29, 0.717) is 16.1 Å². The highest BCUT2D eigenvalue weighted by Crippen LogP contribution is 2.33. The molecule has 162 valence electrons. The average Bonchev–Trinajstić information content (AvgIpc) is 2.80. The molecule has 0 radical (unpaired) electrons. The number of nitrogens with zero attached hydrogens (tertiary/aromatic N) is 5. The van der Waals surface area contributed by atoms with E-state index < -0.39 is 0 Å². The van der Waals surface area contributed by atoms with Gasteiger partial charge in [-0.2, -0.15) is 0 Å². The highest BCUT2D eigenvalue weighted by atomic mass is 35.5. The Bertz CT molecular complexity index is 802. The molecular weight excluding hydrogens is 417 g/mol. The molecule has 0 unspecified atom stereocenters. The van der Waals surface area contributed by atoms with Crippen LogP contribution in [0.3, 0.4) is 0 Å². The lowest BCUT2D eigenvalue weighted by atomic mass is 9.83. The summed E-state index contributed by atoms with van der Waals surface area (Å²) in [7, 11) is 2.13. The molecule has 1 saturated heterocycles. The minimum atomic E-state index is 0.564. The summed E-state index contributed by atoms with van der Waals surface area (Å²) in [6.45, 7) is 5.39. The van der Waals surface area contributed by atoms with E-state index in [2.05, 4.69) is 37.8 Å². The Morgan fingerprint density at radius 1 is 0.967 bits per heavy atom. The SMILES string of the molecule is CN(c1ncccn1)C1CCC(CCN2CCN(c3cccc(Cl)c3Cl)CC2)CC1. The van der Waals surface area contributed by atoms with Gasteiger partial charge in [-0.1, -0.05) is 29.3 Å². The van der Waals surface area contributed by atoms with Crippen molar-refractivity contribution < 1.29 is 0 Å². The molecule has 30 heavy (non-hydrogen) atoms. The van der Waals surface area contributed by atoms with E-state index in [1.54, 1.807) is 0 Å². The van der Waals surface area contributed by atoms with Gasteiger partial charge in [-0.25, -0.2) is 9.97 Å². The topological polar surface area (TPSA) is 35.5 Å². The zero-order chi connectivity index (χ0) is 20.9. The van der Waals surface area contributed by atoms with Crippen molar-refractivity contribution in [2.45, 2.75) is 38.1 Å². The van der Waals surface area contributed by atoms with E-state index in [9.17, 15) is 0 Å². The van der Waals surface area contributed by atoms with Crippen molar-refractivity contribution in [3.8, 4) is 0 Å². The van der Waals surface area contributed by atoms with E-state index >= 15 is 0 Å². The van der Waals surface area contributed by atoms with Crippen molar-refractivity contribution in [3.05, 3.63) is 46.7 Å². The van der Waals surface area contributed by atoms with Crippen molar-refractivity contribution in [2.24, 2.45) is 5.92 Å². The normalized spacial score (nSPS) is 22.8. The maximum Gasteiger partial charge on any atom is 0.225 e. The molecule has 2 heterocycles. The van der Waals surface area contributed by atoms with Crippen molar-refractivity contribution in [3.63, 3.8) is 0 Å². The highest BCUT2D eigenvalue weighted by Gasteiger charge is 2.26. The van der Waals surface area contributed by atoms with Crippen molar-refractivity contribution in [2.75, 3.05) is 49.6 Å². The number of hydrogen-bond acceptors (Lipinski definition) is 5. The maximum absolute atomic E-state index is 6.40. The van der Waals surface area contributed by atoms with Gasteiger partial charge in [0.1, 0.15) is 0 Å². The first-order valence-corrected chi connectivity index (χ1v) is 11.8. The Labute approximate surface area is 190 Å². The molecule has 1 aliphatic carbocycles. The monoisotopic (exact) mass is 447 g/mol. The molecule has 0 N–H and O–H groups in total. The van der Waals surface area contributed by atoms with Crippen LogP contribution in [0.1, 0.15) is 32.1 Å². The van der Waals surface area contributed by atoms with Crippen LogP contribution in [0.15, 0.2) is 36.7 Å². The summed E-state index contributed by atoms with van der Waals surface area (Å²) in [6.07, 6.45) is 10.0. The summed E-state index contributed by atoms with van der Waals surface area (Å²) >= 11 is 12.6. The third-order valence-corrected chi connectivity index (χ3v) is 7.54. The minimum absolute atomic E-state index is 0.564. The van der Waals surface area contributed by atoms with Crippen LogP contribution in [0.25, 0.3) is 0 Å². The Morgan fingerprint density at radius 3 is 2.37 bits per heavy atom. The second-order valence-corrected chi connectivity index (χ2v) is 9.31. The molecule has 5 nitrogen and oxygen atoms in total. The number of aromatic nitrogens is 2. The second kappa shape index (κ2) is 10.2. The van der Waals surface area contributed by atoms with Crippen LogP contribution in [0.4, 0.5) is 11.6 Å². The smallest absolute Gasteiger partial charge is 0.225 e. The molecule has 0 amide bonds. The van der Waals surface area contributed by atoms with E-state index in [1.807, 2.05) is 30.6 Å². The highest BCUT2D eigenvalue weighted by molar-refractivity contribution is 6.43.